The maximum atomic E-state index is 12.4. The fourth-order valence-corrected chi connectivity index (χ4v) is 3.88. The van der Waals surface area contributed by atoms with Gasteiger partial charge in [0.15, 0.2) is 11.5 Å². The molecule has 0 saturated heterocycles. The largest absolute Gasteiger partial charge is 0.352 e. The van der Waals surface area contributed by atoms with E-state index in [0.29, 0.717) is 35.0 Å². The number of anilines is 1. The molecule has 0 aliphatic carbocycles. The van der Waals surface area contributed by atoms with Gasteiger partial charge in [-0.3, -0.25) is 9.59 Å². The van der Waals surface area contributed by atoms with E-state index in [1.54, 1.807) is 16.6 Å². The van der Waals surface area contributed by atoms with Gasteiger partial charge < -0.3 is 10.6 Å². The maximum absolute atomic E-state index is 12.4. The van der Waals surface area contributed by atoms with Gasteiger partial charge in [0.1, 0.15) is 5.03 Å². The van der Waals surface area contributed by atoms with Crippen molar-refractivity contribution in [2.75, 3.05) is 17.6 Å². The Morgan fingerprint density at radius 1 is 1.00 bits per heavy atom. The minimum atomic E-state index is -0.136. The van der Waals surface area contributed by atoms with Crippen LogP contribution in [-0.4, -0.2) is 43.9 Å². The number of rotatable bonds is 8. The highest BCUT2D eigenvalue weighted by Crippen LogP contribution is 2.19. The van der Waals surface area contributed by atoms with Crippen LogP contribution in [0.3, 0.4) is 0 Å². The molecule has 0 aliphatic rings. The van der Waals surface area contributed by atoms with E-state index < -0.39 is 0 Å². The van der Waals surface area contributed by atoms with Gasteiger partial charge >= 0.3 is 0 Å². The Morgan fingerprint density at radius 3 is 2.64 bits per heavy atom. The molecule has 9 heteroatoms. The van der Waals surface area contributed by atoms with E-state index in [9.17, 15) is 9.59 Å². The summed E-state index contributed by atoms with van der Waals surface area (Å²) in [6.45, 7) is 4.37. The van der Waals surface area contributed by atoms with Gasteiger partial charge in [0, 0.05) is 24.2 Å². The number of thioether (sulfide) groups is 1. The van der Waals surface area contributed by atoms with E-state index >= 15 is 0 Å². The Labute approximate surface area is 195 Å². The lowest BCUT2D eigenvalue weighted by atomic mass is 10.1. The van der Waals surface area contributed by atoms with Crippen LogP contribution < -0.4 is 10.6 Å². The molecule has 168 valence electrons. The summed E-state index contributed by atoms with van der Waals surface area (Å²) < 4.78 is 1.65. The fraction of sp³-hybridized carbons (Fsp3) is 0.208. The van der Waals surface area contributed by atoms with Crippen molar-refractivity contribution < 1.29 is 9.59 Å². The summed E-state index contributed by atoms with van der Waals surface area (Å²) >= 11 is 1.34. The van der Waals surface area contributed by atoms with Crippen molar-refractivity contribution in [3.8, 4) is 0 Å². The molecule has 8 nitrogen and oxygen atoms in total. The molecule has 2 aromatic heterocycles. The highest BCUT2D eigenvalue weighted by molar-refractivity contribution is 7.99. The fourth-order valence-electron chi connectivity index (χ4n) is 3.23. The summed E-state index contributed by atoms with van der Waals surface area (Å²) in [5.74, 6) is 0.642. The van der Waals surface area contributed by atoms with Crippen molar-refractivity contribution in [2.45, 2.75) is 25.3 Å². The molecule has 2 aromatic carbocycles. The number of hydrogen-bond donors (Lipinski definition) is 2. The van der Waals surface area contributed by atoms with Gasteiger partial charge in [-0.25, -0.2) is 0 Å². The molecular formula is C24H24N6O2S. The Hall–Kier alpha value is -3.72. The second-order valence-electron chi connectivity index (χ2n) is 7.58. The average Bonchev–Trinajstić information content (AvgIpc) is 3.23. The number of aromatic nitrogens is 4. The molecule has 2 heterocycles. The number of benzene rings is 2. The number of fused-ring (bicyclic) bond motifs is 1. The zero-order chi connectivity index (χ0) is 23.2. The van der Waals surface area contributed by atoms with Crippen molar-refractivity contribution in [1.29, 1.82) is 0 Å². The molecule has 0 bridgehead atoms. The highest BCUT2D eigenvalue weighted by Gasteiger charge is 2.11. The number of hydrogen-bond acceptors (Lipinski definition) is 6. The summed E-state index contributed by atoms with van der Waals surface area (Å²) in [4.78, 5) is 24.6. The van der Waals surface area contributed by atoms with E-state index in [0.717, 1.165) is 16.8 Å². The number of nitrogens with one attached hydrogen (secondary N) is 2. The number of aryl methyl sites for hydroxylation is 2. The van der Waals surface area contributed by atoms with Gasteiger partial charge in [-0.2, -0.15) is 9.61 Å². The molecule has 4 rings (SSSR count). The van der Waals surface area contributed by atoms with Crippen LogP contribution in [0.2, 0.25) is 0 Å². The molecule has 0 aliphatic heterocycles. The van der Waals surface area contributed by atoms with Gasteiger partial charge in [0.25, 0.3) is 5.91 Å². The monoisotopic (exact) mass is 460 g/mol. The second kappa shape index (κ2) is 10.3. The summed E-state index contributed by atoms with van der Waals surface area (Å²) in [7, 11) is 0. The van der Waals surface area contributed by atoms with Gasteiger partial charge in [0.2, 0.25) is 5.91 Å². The van der Waals surface area contributed by atoms with Crippen LogP contribution in [0.4, 0.5) is 5.69 Å². The third-order valence-corrected chi connectivity index (χ3v) is 5.91. The lowest BCUT2D eigenvalue weighted by Crippen LogP contribution is -2.26. The van der Waals surface area contributed by atoms with Gasteiger partial charge in [0.05, 0.1) is 5.75 Å². The quantitative estimate of drug-likeness (QED) is 0.391. The third-order valence-electron chi connectivity index (χ3n) is 4.99. The van der Waals surface area contributed by atoms with Crippen LogP contribution in [0.15, 0.2) is 65.7 Å². The van der Waals surface area contributed by atoms with Crippen molar-refractivity contribution >= 4 is 34.9 Å². The first-order chi connectivity index (χ1) is 16.0. The Bertz CT molecular complexity index is 1290. The van der Waals surface area contributed by atoms with Crippen LogP contribution in [-0.2, 0) is 11.2 Å². The predicted octanol–water partition coefficient (Wildman–Crippen LogP) is 3.44. The van der Waals surface area contributed by atoms with Crippen LogP contribution >= 0.6 is 11.8 Å². The van der Waals surface area contributed by atoms with E-state index in [-0.39, 0.29) is 17.6 Å². The molecule has 2 N–H and O–H groups in total. The summed E-state index contributed by atoms with van der Waals surface area (Å²) in [6, 6.07) is 18.7. The molecule has 4 aromatic rings. The Morgan fingerprint density at radius 2 is 1.82 bits per heavy atom. The van der Waals surface area contributed by atoms with E-state index in [1.807, 2.05) is 62.4 Å². The molecule has 0 spiro atoms. The summed E-state index contributed by atoms with van der Waals surface area (Å²) in [5.41, 5.74) is 4.16. The van der Waals surface area contributed by atoms with Crippen LogP contribution in [0.25, 0.3) is 5.65 Å². The Balaban J connectivity index is 1.35. The minimum absolute atomic E-state index is 0.0943. The average molecular weight is 461 g/mol. The van der Waals surface area contributed by atoms with Crippen LogP contribution in [0.1, 0.15) is 27.3 Å². The van der Waals surface area contributed by atoms with Crippen molar-refractivity contribution in [1.82, 2.24) is 25.1 Å². The molecule has 0 atom stereocenters. The number of nitrogens with zero attached hydrogens (tertiary/aromatic N) is 4. The van der Waals surface area contributed by atoms with E-state index in [2.05, 4.69) is 25.9 Å². The standard InChI is InChI=1S/C24H24N6O2S/c1-16-8-9-17(2)19(14-16)26-22(31)15-33-23-11-10-20-27-28-21(30(20)29-23)12-13-25-24(32)18-6-4-3-5-7-18/h3-11,14H,12-13,15H2,1-2H3,(H,25,32)(H,26,31). The van der Waals surface area contributed by atoms with Crippen LogP contribution in [0.5, 0.6) is 0 Å². The highest BCUT2D eigenvalue weighted by atomic mass is 32.2. The second-order valence-corrected chi connectivity index (χ2v) is 8.58. The molecule has 2 amide bonds. The van der Waals surface area contributed by atoms with Crippen molar-refractivity contribution in [3.63, 3.8) is 0 Å². The smallest absolute Gasteiger partial charge is 0.251 e. The Kier molecular flexibility index (Phi) is 6.99. The normalized spacial score (nSPS) is 10.8. The first-order valence-electron chi connectivity index (χ1n) is 10.5. The lowest BCUT2D eigenvalue weighted by Gasteiger charge is -2.09. The first-order valence-corrected chi connectivity index (χ1v) is 11.5. The van der Waals surface area contributed by atoms with Crippen molar-refractivity contribution in [2.24, 2.45) is 0 Å². The molecule has 33 heavy (non-hydrogen) atoms. The van der Waals surface area contributed by atoms with E-state index in [4.69, 9.17) is 0 Å². The predicted molar refractivity (Wildman–Crippen MR) is 129 cm³/mol. The molecule has 0 unspecified atom stereocenters. The van der Waals surface area contributed by atoms with Crippen molar-refractivity contribution in [3.05, 3.63) is 83.2 Å². The van der Waals surface area contributed by atoms with Crippen LogP contribution in [0, 0.1) is 13.8 Å². The minimum Gasteiger partial charge on any atom is -0.352 e. The molecule has 0 fully saturated rings. The zero-order valence-electron chi connectivity index (χ0n) is 18.4. The lowest BCUT2D eigenvalue weighted by molar-refractivity contribution is -0.113. The number of carbonyl (C=O) groups excluding carboxylic acids is 2. The molecular weight excluding hydrogens is 436 g/mol. The van der Waals surface area contributed by atoms with Gasteiger partial charge in [-0.05, 0) is 55.3 Å². The van der Waals surface area contributed by atoms with Gasteiger partial charge in [-0.15, -0.1) is 10.2 Å². The SMILES string of the molecule is Cc1ccc(C)c(NC(=O)CSc2ccc3nnc(CCNC(=O)c4ccccc4)n3n2)c1. The number of amides is 2. The zero-order valence-corrected chi connectivity index (χ0v) is 19.2. The summed E-state index contributed by atoms with van der Waals surface area (Å²) in [5, 5.41) is 19.4. The maximum Gasteiger partial charge on any atom is 0.251 e. The van der Waals surface area contributed by atoms with Gasteiger partial charge in [-0.1, -0.05) is 42.1 Å². The topological polar surface area (TPSA) is 101 Å². The molecule has 0 radical (unpaired) electrons. The number of carbonyl (C=O) groups is 2. The van der Waals surface area contributed by atoms with E-state index in [1.165, 1.54) is 11.8 Å². The third kappa shape index (κ3) is 5.75. The first kappa shape index (κ1) is 22.5. The molecule has 0 saturated carbocycles. The summed E-state index contributed by atoms with van der Waals surface area (Å²) in [6.07, 6.45) is 0.480.